The first-order valence-electron chi connectivity index (χ1n) is 9.83. The van der Waals surface area contributed by atoms with Crippen LogP contribution < -0.4 is 0 Å². The van der Waals surface area contributed by atoms with Gasteiger partial charge in [0, 0.05) is 30.3 Å². The van der Waals surface area contributed by atoms with Crippen LogP contribution in [0.4, 0.5) is 0 Å². The number of ketones is 1. The molecular formula is C23H24O6. The molecule has 1 aromatic carbocycles. The van der Waals surface area contributed by atoms with Crippen LogP contribution in [0.3, 0.4) is 0 Å². The van der Waals surface area contributed by atoms with Crippen LogP contribution in [0.2, 0.25) is 0 Å². The number of ether oxygens (including phenoxy) is 2. The van der Waals surface area contributed by atoms with Crippen molar-refractivity contribution in [3.63, 3.8) is 0 Å². The van der Waals surface area contributed by atoms with Gasteiger partial charge in [-0.1, -0.05) is 37.8 Å². The standard InChI is InChI=1S/C23H24O6/c1-11-8-18(28-19(26)9-14-4-6-15(24)7-5-14)21-13(3)23(27)29-22(21)20-12(2)17(25)10-16(11)20/h4-7,12,16,18,20-22,24H,1,3,8-10H2,2H3/t12-,16+,18+,20+,21-,22-/m1/s1. The summed E-state index contributed by atoms with van der Waals surface area (Å²) in [6, 6.07) is 6.34. The zero-order valence-corrected chi connectivity index (χ0v) is 16.3. The highest BCUT2D eigenvalue weighted by molar-refractivity contribution is 5.92. The summed E-state index contributed by atoms with van der Waals surface area (Å²) in [6.45, 7) is 9.92. The second-order valence-electron chi connectivity index (χ2n) is 8.30. The molecule has 0 radical (unpaired) electrons. The average molecular weight is 396 g/mol. The number of carbonyl (C=O) groups excluding carboxylic acids is 3. The first-order chi connectivity index (χ1) is 13.8. The van der Waals surface area contributed by atoms with E-state index >= 15 is 0 Å². The van der Waals surface area contributed by atoms with E-state index in [1.807, 2.05) is 6.92 Å². The first kappa shape index (κ1) is 19.4. The van der Waals surface area contributed by atoms with Gasteiger partial charge in [-0.05, 0) is 23.6 Å². The third-order valence-corrected chi connectivity index (χ3v) is 6.57. The maximum atomic E-state index is 12.6. The lowest BCUT2D eigenvalue weighted by atomic mass is 9.79. The maximum Gasteiger partial charge on any atom is 0.334 e. The molecule has 0 spiro atoms. The highest BCUT2D eigenvalue weighted by atomic mass is 16.6. The van der Waals surface area contributed by atoms with Gasteiger partial charge < -0.3 is 14.6 Å². The average Bonchev–Trinajstić information content (AvgIpc) is 3.09. The van der Waals surface area contributed by atoms with Gasteiger partial charge in [0.1, 0.15) is 23.7 Å². The summed E-state index contributed by atoms with van der Waals surface area (Å²) in [5.74, 6) is -1.61. The summed E-state index contributed by atoms with van der Waals surface area (Å²) >= 11 is 0. The number of aromatic hydroxyl groups is 1. The Morgan fingerprint density at radius 1 is 1.21 bits per heavy atom. The van der Waals surface area contributed by atoms with Gasteiger partial charge in [-0.15, -0.1) is 0 Å². The largest absolute Gasteiger partial charge is 0.508 e. The van der Waals surface area contributed by atoms with E-state index in [-0.39, 0.29) is 41.3 Å². The van der Waals surface area contributed by atoms with Crippen molar-refractivity contribution >= 4 is 17.7 Å². The van der Waals surface area contributed by atoms with Crippen LogP contribution >= 0.6 is 0 Å². The zero-order valence-electron chi connectivity index (χ0n) is 16.3. The van der Waals surface area contributed by atoms with E-state index in [4.69, 9.17) is 9.47 Å². The van der Waals surface area contributed by atoms with Crippen molar-refractivity contribution in [2.45, 2.75) is 38.4 Å². The van der Waals surface area contributed by atoms with Crippen molar-refractivity contribution in [1.29, 1.82) is 0 Å². The number of fused-ring (bicyclic) bond motifs is 3. The van der Waals surface area contributed by atoms with Gasteiger partial charge >= 0.3 is 11.9 Å². The lowest BCUT2D eigenvalue weighted by Gasteiger charge is -2.29. The van der Waals surface area contributed by atoms with Crippen molar-refractivity contribution in [2.75, 3.05) is 0 Å². The van der Waals surface area contributed by atoms with E-state index in [1.54, 1.807) is 12.1 Å². The lowest BCUT2D eigenvalue weighted by molar-refractivity contribution is -0.152. The first-order valence-corrected chi connectivity index (χ1v) is 9.83. The molecule has 3 fully saturated rings. The molecule has 0 bridgehead atoms. The fraction of sp³-hybridized carbons (Fsp3) is 0.435. The minimum atomic E-state index is -0.607. The molecule has 6 atom stereocenters. The number of phenolic OH excluding ortho intramolecular Hbond substituents is 1. The number of hydrogen-bond acceptors (Lipinski definition) is 6. The number of Topliss-reactive ketones (excluding diaryl/α,β-unsaturated/α-hetero) is 1. The van der Waals surface area contributed by atoms with Crippen molar-refractivity contribution in [2.24, 2.45) is 23.7 Å². The van der Waals surface area contributed by atoms with E-state index in [2.05, 4.69) is 13.2 Å². The quantitative estimate of drug-likeness (QED) is 0.480. The van der Waals surface area contributed by atoms with Crippen molar-refractivity contribution < 1.29 is 29.0 Å². The fourth-order valence-corrected chi connectivity index (χ4v) is 5.04. The van der Waals surface area contributed by atoms with E-state index in [0.717, 1.165) is 5.57 Å². The SMILES string of the molecule is C=C1C(=O)O[C@H]2[C@H]1[C@@H](OC(=O)Cc1ccc(O)cc1)CC(=C)[C@@H]1CC(=O)[C@@H](C)[C@H]21. The third kappa shape index (κ3) is 3.37. The van der Waals surface area contributed by atoms with Crippen LogP contribution in [0.5, 0.6) is 5.75 Å². The molecular weight excluding hydrogens is 372 g/mol. The molecule has 4 rings (SSSR count). The minimum Gasteiger partial charge on any atom is -0.508 e. The zero-order chi connectivity index (χ0) is 20.9. The molecule has 2 saturated carbocycles. The number of benzene rings is 1. The number of hydrogen-bond donors (Lipinski definition) is 1. The topological polar surface area (TPSA) is 89.9 Å². The molecule has 1 saturated heterocycles. The second kappa shape index (κ2) is 7.17. The van der Waals surface area contributed by atoms with Crippen LogP contribution in [0, 0.1) is 23.7 Å². The molecule has 0 unspecified atom stereocenters. The highest BCUT2D eigenvalue weighted by Gasteiger charge is 2.57. The molecule has 6 heteroatoms. The monoisotopic (exact) mass is 396 g/mol. The molecule has 1 aliphatic heterocycles. The van der Waals surface area contributed by atoms with Gasteiger partial charge in [-0.3, -0.25) is 9.59 Å². The Bertz CT molecular complexity index is 898. The smallest absolute Gasteiger partial charge is 0.334 e. The lowest BCUT2D eigenvalue weighted by Crippen LogP contribution is -2.37. The predicted octanol–water partition coefficient (Wildman–Crippen LogP) is 2.75. The Labute approximate surface area is 169 Å². The van der Waals surface area contributed by atoms with E-state index in [9.17, 15) is 19.5 Å². The number of rotatable bonds is 3. The number of carbonyl (C=O) groups is 3. The second-order valence-corrected chi connectivity index (χ2v) is 8.30. The normalized spacial score (nSPS) is 33.7. The summed E-state index contributed by atoms with van der Waals surface area (Å²) in [5.41, 5.74) is 1.86. The summed E-state index contributed by atoms with van der Waals surface area (Å²) in [4.78, 5) is 37.2. The number of esters is 2. The molecule has 2 aliphatic carbocycles. The molecule has 1 aromatic rings. The summed E-state index contributed by atoms with van der Waals surface area (Å²) in [7, 11) is 0. The van der Waals surface area contributed by atoms with E-state index in [1.165, 1.54) is 12.1 Å². The Hall–Kier alpha value is -2.89. The Morgan fingerprint density at radius 3 is 2.59 bits per heavy atom. The predicted molar refractivity (Wildman–Crippen MR) is 104 cm³/mol. The molecule has 1 heterocycles. The number of phenols is 1. The van der Waals surface area contributed by atoms with Crippen molar-refractivity contribution in [3.05, 3.63) is 54.1 Å². The summed E-state index contributed by atoms with van der Waals surface area (Å²) < 4.78 is 11.4. The van der Waals surface area contributed by atoms with Gasteiger partial charge in [0.2, 0.25) is 0 Å². The van der Waals surface area contributed by atoms with Gasteiger partial charge in [0.05, 0.1) is 12.3 Å². The van der Waals surface area contributed by atoms with Crippen LogP contribution in [-0.2, 0) is 30.3 Å². The molecule has 152 valence electrons. The van der Waals surface area contributed by atoms with Crippen LogP contribution in [-0.4, -0.2) is 35.0 Å². The molecule has 0 aromatic heterocycles. The van der Waals surface area contributed by atoms with Crippen molar-refractivity contribution in [3.8, 4) is 5.75 Å². The van der Waals surface area contributed by atoms with Crippen LogP contribution in [0.15, 0.2) is 48.6 Å². The molecule has 0 amide bonds. The third-order valence-electron chi connectivity index (χ3n) is 6.57. The van der Waals surface area contributed by atoms with Gasteiger partial charge in [-0.2, -0.15) is 0 Å². The molecule has 3 aliphatic rings. The summed E-state index contributed by atoms with van der Waals surface area (Å²) in [5, 5.41) is 9.38. The molecule has 6 nitrogen and oxygen atoms in total. The van der Waals surface area contributed by atoms with Gasteiger partial charge in [0.25, 0.3) is 0 Å². The van der Waals surface area contributed by atoms with Crippen LogP contribution in [0.1, 0.15) is 25.3 Å². The van der Waals surface area contributed by atoms with E-state index < -0.39 is 30.1 Å². The Kier molecular flexibility index (Phi) is 4.81. The highest BCUT2D eigenvalue weighted by Crippen LogP contribution is 2.51. The Balaban J connectivity index is 1.58. The molecule has 1 N–H and O–H groups in total. The minimum absolute atomic E-state index is 0.0453. The van der Waals surface area contributed by atoms with Crippen LogP contribution in [0.25, 0.3) is 0 Å². The molecule has 29 heavy (non-hydrogen) atoms. The fourth-order valence-electron chi connectivity index (χ4n) is 5.04. The summed E-state index contributed by atoms with van der Waals surface area (Å²) in [6.07, 6.45) is -0.342. The van der Waals surface area contributed by atoms with E-state index in [0.29, 0.717) is 18.4 Å². The maximum absolute atomic E-state index is 12.6. The van der Waals surface area contributed by atoms with Gasteiger partial charge in [0.15, 0.2) is 0 Å². The van der Waals surface area contributed by atoms with Crippen molar-refractivity contribution in [1.82, 2.24) is 0 Å². The Morgan fingerprint density at radius 2 is 1.90 bits per heavy atom. The van der Waals surface area contributed by atoms with Gasteiger partial charge in [-0.25, -0.2) is 4.79 Å².